The molecule has 0 aromatic carbocycles. The number of hydrogen-bond donors (Lipinski definition) is 1. The van der Waals surface area contributed by atoms with E-state index in [-0.39, 0.29) is 5.41 Å². The van der Waals surface area contributed by atoms with Gasteiger partial charge in [-0.1, -0.05) is 25.3 Å². The van der Waals surface area contributed by atoms with Gasteiger partial charge in [0.1, 0.15) is 0 Å². The number of likely N-dealkylation sites (tertiary alicyclic amines) is 1. The zero-order valence-electron chi connectivity index (χ0n) is 13.2. The van der Waals surface area contributed by atoms with Crippen LogP contribution in [0.5, 0.6) is 0 Å². The molecule has 120 valence electrons. The SMILES string of the molecule is O=C(N1CCC2CCC(C1)N2)C1(c2cccs2)CCCCC1. The fraction of sp³-hybridized carbons (Fsp3) is 0.722. The van der Waals surface area contributed by atoms with Gasteiger partial charge in [-0.05, 0) is 43.6 Å². The molecule has 3 nitrogen and oxygen atoms in total. The third-order valence-corrected chi connectivity index (χ3v) is 6.99. The van der Waals surface area contributed by atoms with Gasteiger partial charge in [0.2, 0.25) is 5.91 Å². The molecule has 2 saturated heterocycles. The molecule has 1 aromatic heterocycles. The van der Waals surface area contributed by atoms with Crippen molar-refractivity contribution >= 4 is 17.2 Å². The van der Waals surface area contributed by atoms with Gasteiger partial charge in [0.15, 0.2) is 0 Å². The molecular formula is C18H26N2OS. The summed E-state index contributed by atoms with van der Waals surface area (Å²) in [5.41, 5.74) is -0.212. The lowest BCUT2D eigenvalue weighted by Gasteiger charge is -2.40. The number of thiophene rings is 1. The van der Waals surface area contributed by atoms with Crippen LogP contribution in [-0.2, 0) is 10.2 Å². The van der Waals surface area contributed by atoms with Gasteiger partial charge >= 0.3 is 0 Å². The van der Waals surface area contributed by atoms with Gasteiger partial charge in [0, 0.05) is 30.1 Å². The van der Waals surface area contributed by atoms with Crippen LogP contribution in [0.25, 0.3) is 0 Å². The second kappa shape index (κ2) is 5.97. The Bertz CT molecular complexity index is 521. The molecular weight excluding hydrogens is 292 g/mol. The van der Waals surface area contributed by atoms with Crippen LogP contribution in [0.4, 0.5) is 0 Å². The third-order valence-electron chi connectivity index (χ3n) is 5.92. The fourth-order valence-electron chi connectivity index (χ4n) is 4.70. The molecule has 2 aliphatic heterocycles. The standard InChI is InChI=1S/C18H26N2OS/c21-17(20-11-8-14-6-7-15(13-20)19-14)18(9-2-1-3-10-18)16-5-4-12-22-16/h4-5,12,14-15,19H,1-3,6-11,13H2. The van der Waals surface area contributed by atoms with Crippen molar-refractivity contribution in [2.45, 2.75) is 68.9 Å². The first-order valence-electron chi connectivity index (χ1n) is 8.87. The first-order valence-corrected chi connectivity index (χ1v) is 9.75. The molecule has 0 spiro atoms. The number of carbonyl (C=O) groups excluding carboxylic acids is 1. The highest BCUT2D eigenvalue weighted by Gasteiger charge is 2.45. The van der Waals surface area contributed by atoms with Crippen LogP contribution in [0.2, 0.25) is 0 Å². The Morgan fingerprint density at radius 3 is 2.77 bits per heavy atom. The average Bonchev–Trinajstić information content (AvgIpc) is 3.17. The van der Waals surface area contributed by atoms with Crippen LogP contribution in [0, 0.1) is 0 Å². The van der Waals surface area contributed by atoms with Crippen molar-refractivity contribution in [3.05, 3.63) is 22.4 Å². The van der Waals surface area contributed by atoms with Gasteiger partial charge in [-0.2, -0.15) is 0 Å². The second-order valence-electron chi connectivity index (χ2n) is 7.30. The van der Waals surface area contributed by atoms with E-state index in [1.54, 1.807) is 11.3 Å². The third kappa shape index (κ3) is 2.50. The number of amides is 1. The molecule has 1 aromatic rings. The van der Waals surface area contributed by atoms with Crippen molar-refractivity contribution in [3.8, 4) is 0 Å². The number of rotatable bonds is 2. The van der Waals surface area contributed by atoms with E-state index in [1.807, 2.05) is 0 Å². The van der Waals surface area contributed by atoms with Crippen LogP contribution < -0.4 is 5.32 Å². The Hall–Kier alpha value is -0.870. The molecule has 3 fully saturated rings. The molecule has 4 rings (SSSR count). The minimum absolute atomic E-state index is 0.212. The molecule has 1 amide bonds. The number of hydrogen-bond acceptors (Lipinski definition) is 3. The molecule has 22 heavy (non-hydrogen) atoms. The van der Waals surface area contributed by atoms with E-state index in [0.29, 0.717) is 18.0 Å². The molecule has 3 aliphatic rings. The summed E-state index contributed by atoms with van der Waals surface area (Å²) in [4.78, 5) is 17.0. The molecule has 2 unspecified atom stereocenters. The second-order valence-corrected chi connectivity index (χ2v) is 8.25. The topological polar surface area (TPSA) is 32.3 Å². The quantitative estimate of drug-likeness (QED) is 0.907. The first-order chi connectivity index (χ1) is 10.8. The summed E-state index contributed by atoms with van der Waals surface area (Å²) in [7, 11) is 0. The van der Waals surface area contributed by atoms with E-state index in [0.717, 1.165) is 32.4 Å². The fourth-order valence-corrected chi connectivity index (χ4v) is 5.68. The van der Waals surface area contributed by atoms with E-state index in [9.17, 15) is 4.79 Å². The highest BCUT2D eigenvalue weighted by Crippen LogP contribution is 2.43. The number of nitrogens with one attached hydrogen (secondary N) is 1. The molecule has 2 atom stereocenters. The average molecular weight is 318 g/mol. The molecule has 2 bridgehead atoms. The van der Waals surface area contributed by atoms with Gasteiger partial charge in [0.05, 0.1) is 5.41 Å². The van der Waals surface area contributed by atoms with E-state index in [1.165, 1.54) is 37.0 Å². The summed E-state index contributed by atoms with van der Waals surface area (Å²) < 4.78 is 0. The number of nitrogens with zero attached hydrogens (tertiary/aromatic N) is 1. The van der Waals surface area contributed by atoms with Crippen molar-refractivity contribution in [2.24, 2.45) is 0 Å². The van der Waals surface area contributed by atoms with Crippen molar-refractivity contribution in [1.82, 2.24) is 10.2 Å². The molecule has 0 radical (unpaired) electrons. The maximum absolute atomic E-state index is 13.5. The Balaban J connectivity index is 1.60. The van der Waals surface area contributed by atoms with Crippen LogP contribution in [0.3, 0.4) is 0 Å². The minimum atomic E-state index is -0.212. The van der Waals surface area contributed by atoms with Crippen molar-refractivity contribution < 1.29 is 4.79 Å². The maximum atomic E-state index is 13.5. The first kappa shape index (κ1) is 14.7. The Morgan fingerprint density at radius 1 is 1.18 bits per heavy atom. The zero-order valence-corrected chi connectivity index (χ0v) is 14.0. The van der Waals surface area contributed by atoms with Crippen LogP contribution in [-0.4, -0.2) is 36.0 Å². The molecule has 3 heterocycles. The Morgan fingerprint density at radius 2 is 2.00 bits per heavy atom. The van der Waals surface area contributed by atoms with Gasteiger partial charge in [0.25, 0.3) is 0 Å². The van der Waals surface area contributed by atoms with Crippen LogP contribution in [0.1, 0.15) is 56.2 Å². The summed E-state index contributed by atoms with van der Waals surface area (Å²) >= 11 is 1.78. The van der Waals surface area contributed by atoms with Crippen LogP contribution in [0.15, 0.2) is 17.5 Å². The van der Waals surface area contributed by atoms with Gasteiger partial charge in [-0.3, -0.25) is 4.79 Å². The molecule has 1 saturated carbocycles. The van der Waals surface area contributed by atoms with Crippen molar-refractivity contribution in [1.29, 1.82) is 0 Å². The van der Waals surface area contributed by atoms with E-state index in [2.05, 4.69) is 27.7 Å². The molecule has 1 aliphatic carbocycles. The lowest BCUT2D eigenvalue weighted by atomic mass is 9.71. The van der Waals surface area contributed by atoms with E-state index in [4.69, 9.17) is 0 Å². The summed E-state index contributed by atoms with van der Waals surface area (Å²) in [6.07, 6.45) is 9.43. The summed E-state index contributed by atoms with van der Waals surface area (Å²) in [5, 5.41) is 5.83. The molecule has 1 N–H and O–H groups in total. The van der Waals surface area contributed by atoms with E-state index >= 15 is 0 Å². The van der Waals surface area contributed by atoms with Crippen molar-refractivity contribution in [2.75, 3.05) is 13.1 Å². The smallest absolute Gasteiger partial charge is 0.234 e. The normalized spacial score (nSPS) is 31.0. The van der Waals surface area contributed by atoms with Crippen LogP contribution >= 0.6 is 11.3 Å². The number of fused-ring (bicyclic) bond motifs is 2. The van der Waals surface area contributed by atoms with Gasteiger partial charge < -0.3 is 10.2 Å². The lowest BCUT2D eigenvalue weighted by Crippen LogP contribution is -2.50. The summed E-state index contributed by atoms with van der Waals surface area (Å²) in [6.45, 7) is 1.86. The maximum Gasteiger partial charge on any atom is 0.234 e. The largest absolute Gasteiger partial charge is 0.340 e. The lowest BCUT2D eigenvalue weighted by molar-refractivity contribution is -0.139. The zero-order chi connectivity index (χ0) is 15.0. The summed E-state index contributed by atoms with van der Waals surface area (Å²) in [5.74, 6) is 0.420. The van der Waals surface area contributed by atoms with Gasteiger partial charge in [-0.25, -0.2) is 0 Å². The summed E-state index contributed by atoms with van der Waals surface area (Å²) in [6, 6.07) is 5.47. The Labute approximate surface area is 137 Å². The predicted octanol–water partition coefficient (Wildman–Crippen LogP) is 3.30. The Kier molecular flexibility index (Phi) is 3.99. The molecule has 4 heteroatoms. The minimum Gasteiger partial charge on any atom is -0.340 e. The predicted molar refractivity (Wildman–Crippen MR) is 90.2 cm³/mol. The van der Waals surface area contributed by atoms with Gasteiger partial charge in [-0.15, -0.1) is 11.3 Å². The monoisotopic (exact) mass is 318 g/mol. The number of carbonyl (C=O) groups is 1. The highest BCUT2D eigenvalue weighted by atomic mass is 32.1. The van der Waals surface area contributed by atoms with E-state index < -0.39 is 0 Å². The van der Waals surface area contributed by atoms with Crippen molar-refractivity contribution in [3.63, 3.8) is 0 Å². The highest BCUT2D eigenvalue weighted by molar-refractivity contribution is 7.10.